The quantitative estimate of drug-likeness (QED) is 0.799. The molecule has 0 amide bonds. The van der Waals surface area contributed by atoms with Gasteiger partial charge < -0.3 is 5.11 Å². The monoisotopic (exact) mass is 263 g/mol. The molecule has 0 radical (unpaired) electrons. The van der Waals surface area contributed by atoms with Crippen molar-refractivity contribution in [3.05, 3.63) is 35.4 Å². The normalized spacial score (nSPS) is 13.1. The van der Waals surface area contributed by atoms with Crippen molar-refractivity contribution in [1.29, 1.82) is 0 Å². The summed E-state index contributed by atoms with van der Waals surface area (Å²) in [7, 11) is 0. The van der Waals surface area contributed by atoms with E-state index in [0.29, 0.717) is 5.56 Å². The van der Waals surface area contributed by atoms with Crippen molar-refractivity contribution in [1.82, 2.24) is 5.32 Å². The first kappa shape index (κ1) is 15.4. The van der Waals surface area contributed by atoms with Crippen LogP contribution in [-0.2, 0) is 10.2 Å². The minimum absolute atomic E-state index is 0.0301. The van der Waals surface area contributed by atoms with E-state index in [1.807, 2.05) is 12.1 Å². The van der Waals surface area contributed by atoms with Crippen LogP contribution in [-0.4, -0.2) is 29.4 Å². The predicted octanol–water partition coefficient (Wildman–Crippen LogP) is 2.23. The van der Waals surface area contributed by atoms with Gasteiger partial charge in [-0.2, -0.15) is 0 Å². The van der Waals surface area contributed by atoms with Gasteiger partial charge in [0.1, 0.15) is 6.04 Å². The molecule has 2 N–H and O–H groups in total. The maximum Gasteiger partial charge on any atom is 0.320 e. The molecular formula is C15H21NO3. The highest BCUT2D eigenvalue weighted by molar-refractivity contribution is 5.97. The molecule has 0 spiro atoms. The number of benzene rings is 1. The number of Topliss-reactive ketones (excluding diaryl/α,β-unsaturated/α-hetero) is 1. The van der Waals surface area contributed by atoms with Crippen molar-refractivity contribution in [2.45, 2.75) is 39.2 Å². The van der Waals surface area contributed by atoms with E-state index in [9.17, 15) is 9.59 Å². The zero-order valence-electron chi connectivity index (χ0n) is 11.9. The first-order chi connectivity index (χ1) is 8.71. The van der Waals surface area contributed by atoms with Crippen LogP contribution in [0.5, 0.6) is 0 Å². The third-order valence-corrected chi connectivity index (χ3v) is 3.01. The molecule has 104 valence electrons. The van der Waals surface area contributed by atoms with Gasteiger partial charge in [-0.25, -0.2) is 0 Å². The molecular weight excluding hydrogens is 242 g/mol. The van der Waals surface area contributed by atoms with Crippen LogP contribution >= 0.6 is 0 Å². The summed E-state index contributed by atoms with van der Waals surface area (Å²) >= 11 is 0. The van der Waals surface area contributed by atoms with Gasteiger partial charge in [0.2, 0.25) is 0 Å². The number of hydrogen-bond donors (Lipinski definition) is 2. The van der Waals surface area contributed by atoms with E-state index in [0.717, 1.165) is 5.56 Å². The average molecular weight is 263 g/mol. The smallest absolute Gasteiger partial charge is 0.320 e. The lowest BCUT2D eigenvalue weighted by Gasteiger charge is -2.19. The lowest BCUT2D eigenvalue weighted by Crippen LogP contribution is -2.37. The molecule has 4 heteroatoms. The summed E-state index contributed by atoms with van der Waals surface area (Å²) in [4.78, 5) is 22.5. The van der Waals surface area contributed by atoms with Gasteiger partial charge in [-0.1, -0.05) is 45.0 Å². The van der Waals surface area contributed by atoms with Crippen molar-refractivity contribution in [3.8, 4) is 0 Å². The Labute approximate surface area is 113 Å². The SMILES string of the molecule is CC(NCC(=O)c1ccc(C(C)(C)C)cc1)C(=O)O. The van der Waals surface area contributed by atoms with Crippen LogP contribution in [0.2, 0.25) is 0 Å². The van der Waals surface area contributed by atoms with E-state index in [1.54, 1.807) is 12.1 Å². The average Bonchev–Trinajstić information content (AvgIpc) is 2.34. The molecule has 1 aromatic carbocycles. The van der Waals surface area contributed by atoms with E-state index in [1.165, 1.54) is 6.92 Å². The molecule has 0 fully saturated rings. The highest BCUT2D eigenvalue weighted by Gasteiger charge is 2.15. The Kier molecular flexibility index (Phi) is 4.84. The van der Waals surface area contributed by atoms with E-state index in [-0.39, 0.29) is 17.7 Å². The summed E-state index contributed by atoms with van der Waals surface area (Å²) in [6, 6.07) is 6.73. The minimum Gasteiger partial charge on any atom is -0.480 e. The molecule has 0 saturated heterocycles. The molecule has 0 aromatic heterocycles. The van der Waals surface area contributed by atoms with Crippen LogP contribution < -0.4 is 5.32 Å². The van der Waals surface area contributed by atoms with Crippen molar-refractivity contribution in [3.63, 3.8) is 0 Å². The number of rotatable bonds is 5. The summed E-state index contributed by atoms with van der Waals surface area (Å²) in [5, 5.41) is 11.4. The molecule has 0 aliphatic rings. The fourth-order valence-electron chi connectivity index (χ4n) is 1.59. The van der Waals surface area contributed by atoms with E-state index < -0.39 is 12.0 Å². The molecule has 0 saturated carbocycles. The number of nitrogens with one attached hydrogen (secondary N) is 1. The maximum atomic E-state index is 11.9. The number of ketones is 1. The van der Waals surface area contributed by atoms with Crippen molar-refractivity contribution < 1.29 is 14.7 Å². The Balaban J connectivity index is 2.66. The Morgan fingerprint density at radius 3 is 2.16 bits per heavy atom. The first-order valence-corrected chi connectivity index (χ1v) is 6.32. The van der Waals surface area contributed by atoms with E-state index in [2.05, 4.69) is 26.1 Å². The molecule has 1 rings (SSSR count). The second-order valence-corrected chi connectivity index (χ2v) is 5.69. The lowest BCUT2D eigenvalue weighted by molar-refractivity contribution is -0.138. The fraction of sp³-hybridized carbons (Fsp3) is 0.467. The second kappa shape index (κ2) is 5.97. The Bertz CT molecular complexity index is 457. The third kappa shape index (κ3) is 4.48. The second-order valence-electron chi connectivity index (χ2n) is 5.69. The summed E-state index contributed by atoms with van der Waals surface area (Å²) in [6.07, 6.45) is 0. The largest absolute Gasteiger partial charge is 0.480 e. The Morgan fingerprint density at radius 1 is 1.21 bits per heavy atom. The number of aliphatic carboxylic acids is 1. The van der Waals surface area contributed by atoms with Crippen LogP contribution in [0, 0.1) is 0 Å². The van der Waals surface area contributed by atoms with Crippen molar-refractivity contribution in [2.24, 2.45) is 0 Å². The van der Waals surface area contributed by atoms with Gasteiger partial charge in [-0.15, -0.1) is 0 Å². The van der Waals surface area contributed by atoms with Gasteiger partial charge in [0.25, 0.3) is 0 Å². The molecule has 0 aliphatic heterocycles. The Morgan fingerprint density at radius 2 is 1.74 bits per heavy atom. The van der Waals surface area contributed by atoms with Crippen molar-refractivity contribution >= 4 is 11.8 Å². The van der Waals surface area contributed by atoms with E-state index in [4.69, 9.17) is 5.11 Å². The summed E-state index contributed by atoms with van der Waals surface area (Å²) < 4.78 is 0. The van der Waals surface area contributed by atoms with Crippen LogP contribution in [0.3, 0.4) is 0 Å². The molecule has 1 atom stereocenters. The number of carbonyl (C=O) groups excluding carboxylic acids is 1. The van der Waals surface area contributed by atoms with Gasteiger partial charge in [-0.05, 0) is 17.9 Å². The number of carboxylic acid groups (broad SMARTS) is 1. The maximum absolute atomic E-state index is 11.9. The number of hydrogen-bond acceptors (Lipinski definition) is 3. The summed E-state index contributed by atoms with van der Waals surface area (Å²) in [5.74, 6) is -1.07. The minimum atomic E-state index is -0.962. The zero-order valence-corrected chi connectivity index (χ0v) is 11.9. The van der Waals surface area contributed by atoms with Gasteiger partial charge in [-0.3, -0.25) is 14.9 Å². The fourth-order valence-corrected chi connectivity index (χ4v) is 1.59. The molecule has 19 heavy (non-hydrogen) atoms. The summed E-state index contributed by atoms with van der Waals surface area (Å²) in [5.41, 5.74) is 1.81. The summed E-state index contributed by atoms with van der Waals surface area (Å²) in [6.45, 7) is 7.88. The highest BCUT2D eigenvalue weighted by atomic mass is 16.4. The van der Waals surface area contributed by atoms with Crippen LogP contribution in [0.15, 0.2) is 24.3 Å². The molecule has 4 nitrogen and oxygen atoms in total. The molecule has 0 aliphatic carbocycles. The van der Waals surface area contributed by atoms with Gasteiger partial charge in [0.05, 0.1) is 6.54 Å². The topological polar surface area (TPSA) is 66.4 Å². The number of carboxylic acids is 1. The van der Waals surface area contributed by atoms with Crippen LogP contribution in [0.1, 0.15) is 43.6 Å². The first-order valence-electron chi connectivity index (χ1n) is 6.32. The molecule has 0 heterocycles. The Hall–Kier alpha value is -1.68. The molecule has 1 unspecified atom stereocenters. The van der Waals surface area contributed by atoms with Gasteiger partial charge in [0.15, 0.2) is 5.78 Å². The zero-order chi connectivity index (χ0) is 14.6. The van der Waals surface area contributed by atoms with Crippen LogP contribution in [0.4, 0.5) is 0 Å². The predicted molar refractivity (Wildman–Crippen MR) is 74.6 cm³/mol. The number of carbonyl (C=O) groups is 2. The molecule has 0 bridgehead atoms. The third-order valence-electron chi connectivity index (χ3n) is 3.01. The van der Waals surface area contributed by atoms with Crippen molar-refractivity contribution in [2.75, 3.05) is 6.54 Å². The van der Waals surface area contributed by atoms with Crippen LogP contribution in [0.25, 0.3) is 0 Å². The van der Waals surface area contributed by atoms with Gasteiger partial charge in [0, 0.05) is 5.56 Å². The van der Waals surface area contributed by atoms with Gasteiger partial charge >= 0.3 is 5.97 Å². The molecule has 1 aromatic rings. The standard InChI is InChI=1S/C15H21NO3/c1-10(14(18)19)16-9-13(17)11-5-7-12(8-6-11)15(2,3)4/h5-8,10,16H,9H2,1-4H3,(H,18,19). The van der Waals surface area contributed by atoms with E-state index >= 15 is 0 Å². The lowest BCUT2D eigenvalue weighted by atomic mass is 9.86. The highest BCUT2D eigenvalue weighted by Crippen LogP contribution is 2.22.